The number of rotatable bonds is 5. The Morgan fingerprint density at radius 1 is 1.00 bits per heavy atom. The monoisotopic (exact) mass is 526 g/mol. The van der Waals surface area contributed by atoms with E-state index in [1.165, 1.54) is 6.07 Å². The van der Waals surface area contributed by atoms with E-state index in [1.54, 1.807) is 23.1 Å². The number of halogens is 5. The smallest absolute Gasteiger partial charge is 0.336 e. The van der Waals surface area contributed by atoms with Crippen molar-refractivity contribution >= 4 is 35.0 Å². The Labute approximate surface area is 213 Å². The third kappa shape index (κ3) is 6.12. The van der Waals surface area contributed by atoms with Gasteiger partial charge < -0.3 is 9.80 Å². The van der Waals surface area contributed by atoms with Crippen LogP contribution in [-0.4, -0.2) is 34.2 Å². The van der Waals surface area contributed by atoms with Crippen molar-refractivity contribution in [2.24, 2.45) is 0 Å². The van der Waals surface area contributed by atoms with Crippen molar-refractivity contribution in [3.63, 3.8) is 0 Å². The summed E-state index contributed by atoms with van der Waals surface area (Å²) in [7, 11) is 0. The molecule has 2 saturated heterocycles. The first kappa shape index (κ1) is 25.8. The zero-order valence-corrected chi connectivity index (χ0v) is 20.7. The van der Waals surface area contributed by atoms with E-state index in [1.807, 2.05) is 11.0 Å². The molecule has 35 heavy (non-hydrogen) atoms. The van der Waals surface area contributed by atoms with Gasteiger partial charge in [0.2, 0.25) is 11.8 Å². The molecule has 9 heteroatoms. The van der Waals surface area contributed by atoms with Crippen LogP contribution in [0.25, 0.3) is 0 Å². The number of alkyl halides is 3. The Morgan fingerprint density at radius 2 is 1.80 bits per heavy atom. The van der Waals surface area contributed by atoms with E-state index in [0.29, 0.717) is 28.6 Å². The Morgan fingerprint density at radius 3 is 2.54 bits per heavy atom. The summed E-state index contributed by atoms with van der Waals surface area (Å²) in [5, 5.41) is 0.895. The van der Waals surface area contributed by atoms with Gasteiger partial charge in [-0.1, -0.05) is 54.2 Å². The van der Waals surface area contributed by atoms with Gasteiger partial charge in [-0.25, -0.2) is 0 Å². The van der Waals surface area contributed by atoms with E-state index < -0.39 is 11.7 Å². The Bertz CT molecular complexity index is 1090. The molecular formula is C26H27Cl2F3N2O2. The second-order valence-electron chi connectivity index (χ2n) is 9.24. The predicted molar refractivity (Wildman–Crippen MR) is 129 cm³/mol. The average Bonchev–Trinajstić information content (AvgIpc) is 3.01. The highest BCUT2D eigenvalue weighted by Gasteiger charge is 2.36. The summed E-state index contributed by atoms with van der Waals surface area (Å²) in [6.45, 7) is 0.662. The molecule has 0 spiro atoms. The van der Waals surface area contributed by atoms with Crippen molar-refractivity contribution in [3.05, 3.63) is 69.2 Å². The fourth-order valence-corrected chi connectivity index (χ4v) is 5.36. The lowest BCUT2D eigenvalue weighted by atomic mass is 9.99. The number of carbonyl (C=O) groups is 2. The number of benzene rings is 2. The van der Waals surface area contributed by atoms with E-state index in [0.717, 1.165) is 43.4 Å². The van der Waals surface area contributed by atoms with Crippen molar-refractivity contribution in [2.75, 3.05) is 6.54 Å². The molecule has 2 aromatic carbocycles. The van der Waals surface area contributed by atoms with Crippen molar-refractivity contribution < 1.29 is 22.8 Å². The number of nitrogens with zero attached hydrogens (tertiary/aromatic N) is 2. The summed E-state index contributed by atoms with van der Waals surface area (Å²) in [4.78, 5) is 29.5. The molecule has 2 fully saturated rings. The first-order valence-corrected chi connectivity index (χ1v) is 12.6. The van der Waals surface area contributed by atoms with Gasteiger partial charge >= 0.3 is 6.18 Å². The van der Waals surface area contributed by atoms with Gasteiger partial charge in [0.15, 0.2) is 0 Å². The average molecular weight is 527 g/mol. The van der Waals surface area contributed by atoms with Crippen LogP contribution in [-0.2, 0) is 22.3 Å². The third-order valence-corrected chi connectivity index (χ3v) is 7.61. The lowest BCUT2D eigenvalue weighted by molar-refractivity contribution is -0.137. The maximum absolute atomic E-state index is 13.5. The van der Waals surface area contributed by atoms with Crippen LogP contribution in [0.5, 0.6) is 0 Å². The second kappa shape index (κ2) is 10.8. The molecule has 0 aliphatic carbocycles. The number of hydrogen-bond acceptors (Lipinski definition) is 2. The minimum absolute atomic E-state index is 0.0525. The minimum Gasteiger partial charge on any atom is -0.336 e. The number of likely N-dealkylation sites (tertiary alicyclic amines) is 2. The maximum Gasteiger partial charge on any atom is 0.416 e. The van der Waals surface area contributed by atoms with E-state index in [9.17, 15) is 22.8 Å². The number of hydrogen-bond donors (Lipinski definition) is 0. The third-order valence-electron chi connectivity index (χ3n) is 6.87. The molecule has 2 aliphatic heterocycles. The first-order valence-electron chi connectivity index (χ1n) is 11.8. The molecule has 2 atom stereocenters. The Balaban J connectivity index is 1.50. The van der Waals surface area contributed by atoms with Gasteiger partial charge in [0.05, 0.1) is 21.7 Å². The van der Waals surface area contributed by atoms with E-state index >= 15 is 0 Å². The van der Waals surface area contributed by atoms with Crippen LogP contribution < -0.4 is 0 Å². The molecule has 0 saturated carbocycles. The van der Waals surface area contributed by atoms with E-state index in [4.69, 9.17) is 23.2 Å². The zero-order chi connectivity index (χ0) is 25.2. The molecule has 0 aromatic heterocycles. The molecule has 2 aliphatic rings. The van der Waals surface area contributed by atoms with Crippen LogP contribution in [0, 0.1) is 0 Å². The zero-order valence-electron chi connectivity index (χ0n) is 19.2. The van der Waals surface area contributed by atoms with Crippen LogP contribution in [0.1, 0.15) is 67.7 Å². The fraction of sp³-hybridized carbons (Fsp3) is 0.462. The normalized spacial score (nSPS) is 21.3. The molecule has 4 nitrogen and oxygen atoms in total. The molecule has 0 radical (unpaired) electrons. The molecule has 188 valence electrons. The Hall–Kier alpha value is -2.25. The predicted octanol–water partition coefficient (Wildman–Crippen LogP) is 7.04. The van der Waals surface area contributed by atoms with Crippen LogP contribution in [0.4, 0.5) is 13.2 Å². The van der Waals surface area contributed by atoms with Crippen molar-refractivity contribution in [1.29, 1.82) is 0 Å². The van der Waals surface area contributed by atoms with Gasteiger partial charge in [0.1, 0.15) is 0 Å². The summed E-state index contributed by atoms with van der Waals surface area (Å²) in [6.07, 6.45) is 0.184. The fourth-order valence-electron chi connectivity index (χ4n) is 5.06. The Kier molecular flexibility index (Phi) is 7.96. The van der Waals surface area contributed by atoms with Crippen LogP contribution in [0.3, 0.4) is 0 Å². The van der Waals surface area contributed by atoms with Gasteiger partial charge in [0, 0.05) is 32.0 Å². The molecule has 0 bridgehead atoms. The van der Waals surface area contributed by atoms with Crippen molar-refractivity contribution in [1.82, 2.24) is 9.80 Å². The van der Waals surface area contributed by atoms with Crippen LogP contribution in [0.15, 0.2) is 42.5 Å². The maximum atomic E-state index is 13.5. The number of carbonyl (C=O) groups excluding carboxylic acids is 2. The summed E-state index contributed by atoms with van der Waals surface area (Å²) < 4.78 is 39.4. The molecule has 2 heterocycles. The van der Waals surface area contributed by atoms with Crippen LogP contribution >= 0.6 is 23.2 Å². The molecule has 2 unspecified atom stereocenters. The minimum atomic E-state index is -4.45. The van der Waals surface area contributed by atoms with E-state index in [-0.39, 0.29) is 43.3 Å². The van der Waals surface area contributed by atoms with Crippen molar-refractivity contribution in [2.45, 2.75) is 69.8 Å². The molecule has 4 rings (SSSR count). The second-order valence-corrected chi connectivity index (χ2v) is 10.1. The van der Waals surface area contributed by atoms with Crippen LogP contribution in [0.2, 0.25) is 10.0 Å². The lowest BCUT2D eigenvalue weighted by Gasteiger charge is -2.33. The highest BCUT2D eigenvalue weighted by Crippen LogP contribution is 2.35. The number of amides is 2. The highest BCUT2D eigenvalue weighted by atomic mass is 35.5. The molecule has 2 aromatic rings. The quantitative estimate of drug-likeness (QED) is 0.419. The SMILES string of the molecule is O=C1CCC(CC(=O)N2CCCCCC2c2ccc(Cl)c(Cl)c2)N1Cc1cccc(C(F)(F)F)c1. The molecular weight excluding hydrogens is 500 g/mol. The summed E-state index contributed by atoms with van der Waals surface area (Å²) in [5.41, 5.74) is 0.581. The van der Waals surface area contributed by atoms with Gasteiger partial charge in [-0.3, -0.25) is 9.59 Å². The standard InChI is InChI=1S/C26H27Cl2F3N2O2/c27-21-10-8-18(14-22(21)28)23-7-2-1-3-12-32(23)25(35)15-20-9-11-24(34)33(20)16-17-5-4-6-19(13-17)26(29,30)31/h4-6,8,10,13-14,20,23H,1-3,7,9,11-12,15-16H2. The molecule has 0 N–H and O–H groups in total. The summed E-state index contributed by atoms with van der Waals surface area (Å²) in [6, 6.07) is 9.96. The largest absolute Gasteiger partial charge is 0.416 e. The molecule has 2 amide bonds. The topological polar surface area (TPSA) is 40.6 Å². The summed E-state index contributed by atoms with van der Waals surface area (Å²) in [5.74, 6) is -0.200. The summed E-state index contributed by atoms with van der Waals surface area (Å²) >= 11 is 12.3. The van der Waals surface area contributed by atoms with Gasteiger partial charge in [-0.05, 0) is 54.7 Å². The van der Waals surface area contributed by atoms with E-state index in [2.05, 4.69) is 0 Å². The van der Waals surface area contributed by atoms with Gasteiger partial charge in [0.25, 0.3) is 0 Å². The first-order chi connectivity index (χ1) is 16.6. The lowest BCUT2D eigenvalue weighted by Crippen LogP contribution is -2.40. The van der Waals surface area contributed by atoms with Gasteiger partial charge in [-0.2, -0.15) is 13.2 Å². The van der Waals surface area contributed by atoms with Gasteiger partial charge in [-0.15, -0.1) is 0 Å². The highest BCUT2D eigenvalue weighted by molar-refractivity contribution is 6.42. The van der Waals surface area contributed by atoms with Crippen molar-refractivity contribution in [3.8, 4) is 0 Å².